The standard InChI is InChI=1S/C19H23N3O5/c1-25-15-10-13(11-16(26-2)17(15)27-3)21-18(23)14(22-19(20)24)9-12-7-5-4-6-8-12/h4-8,10-11,14H,9H2,1-3H3,(H,21,23)(H3,20,22,24). The molecule has 1 atom stereocenters. The van der Waals surface area contributed by atoms with E-state index in [-0.39, 0.29) is 0 Å². The first-order valence-corrected chi connectivity index (χ1v) is 8.19. The number of primary amides is 1. The van der Waals surface area contributed by atoms with Crippen LogP contribution < -0.4 is 30.6 Å². The second-order valence-corrected chi connectivity index (χ2v) is 5.65. The Kier molecular flexibility index (Phi) is 6.87. The van der Waals surface area contributed by atoms with Crippen molar-refractivity contribution in [1.82, 2.24) is 5.32 Å². The van der Waals surface area contributed by atoms with Gasteiger partial charge in [0.1, 0.15) is 6.04 Å². The zero-order valence-corrected chi connectivity index (χ0v) is 15.4. The van der Waals surface area contributed by atoms with Crippen LogP contribution in [0.15, 0.2) is 42.5 Å². The number of anilines is 1. The SMILES string of the molecule is COc1cc(NC(=O)C(Cc2ccccc2)NC(N)=O)cc(OC)c1OC. The third-order valence-corrected chi connectivity index (χ3v) is 3.85. The summed E-state index contributed by atoms with van der Waals surface area (Å²) in [5, 5.41) is 5.21. The van der Waals surface area contributed by atoms with Gasteiger partial charge in [0, 0.05) is 24.2 Å². The maximum Gasteiger partial charge on any atom is 0.312 e. The van der Waals surface area contributed by atoms with Gasteiger partial charge in [0.25, 0.3) is 0 Å². The average molecular weight is 373 g/mol. The molecule has 144 valence electrons. The van der Waals surface area contributed by atoms with Gasteiger partial charge >= 0.3 is 6.03 Å². The lowest BCUT2D eigenvalue weighted by molar-refractivity contribution is -0.117. The summed E-state index contributed by atoms with van der Waals surface area (Å²) in [6, 6.07) is 10.9. The Morgan fingerprint density at radius 3 is 2.07 bits per heavy atom. The summed E-state index contributed by atoms with van der Waals surface area (Å²) >= 11 is 0. The normalized spacial score (nSPS) is 11.2. The van der Waals surface area contributed by atoms with Gasteiger partial charge in [0.2, 0.25) is 11.7 Å². The molecule has 0 aliphatic carbocycles. The lowest BCUT2D eigenvalue weighted by Gasteiger charge is -2.19. The predicted octanol–water partition coefficient (Wildman–Crippen LogP) is 1.93. The topological polar surface area (TPSA) is 112 Å². The van der Waals surface area contributed by atoms with Gasteiger partial charge in [-0.05, 0) is 5.56 Å². The maximum absolute atomic E-state index is 12.7. The van der Waals surface area contributed by atoms with Crippen LogP contribution in [-0.4, -0.2) is 39.3 Å². The molecule has 0 fully saturated rings. The molecule has 0 aliphatic heterocycles. The van der Waals surface area contributed by atoms with Crippen molar-refractivity contribution in [2.24, 2.45) is 5.73 Å². The fourth-order valence-corrected chi connectivity index (χ4v) is 2.61. The van der Waals surface area contributed by atoms with Gasteiger partial charge in [-0.1, -0.05) is 30.3 Å². The van der Waals surface area contributed by atoms with E-state index >= 15 is 0 Å². The second-order valence-electron chi connectivity index (χ2n) is 5.65. The van der Waals surface area contributed by atoms with Gasteiger partial charge in [-0.15, -0.1) is 0 Å². The summed E-state index contributed by atoms with van der Waals surface area (Å²) in [5.74, 6) is 0.783. The highest BCUT2D eigenvalue weighted by molar-refractivity contribution is 5.97. The number of nitrogens with two attached hydrogens (primary N) is 1. The first-order chi connectivity index (χ1) is 13.0. The zero-order valence-electron chi connectivity index (χ0n) is 15.4. The molecule has 0 aromatic heterocycles. The third kappa shape index (κ3) is 5.27. The molecule has 1 unspecified atom stereocenters. The highest BCUT2D eigenvalue weighted by Crippen LogP contribution is 2.39. The smallest absolute Gasteiger partial charge is 0.312 e. The Balaban J connectivity index is 2.24. The maximum atomic E-state index is 12.7. The molecule has 0 radical (unpaired) electrons. The van der Waals surface area contributed by atoms with E-state index in [9.17, 15) is 9.59 Å². The second kappa shape index (κ2) is 9.33. The number of benzene rings is 2. The molecule has 4 N–H and O–H groups in total. The number of ether oxygens (including phenoxy) is 3. The van der Waals surface area contributed by atoms with E-state index in [2.05, 4.69) is 10.6 Å². The predicted molar refractivity (Wildman–Crippen MR) is 101 cm³/mol. The van der Waals surface area contributed by atoms with Crippen LogP contribution >= 0.6 is 0 Å². The van der Waals surface area contributed by atoms with Gasteiger partial charge in [0.15, 0.2) is 11.5 Å². The molecule has 8 nitrogen and oxygen atoms in total. The van der Waals surface area contributed by atoms with Crippen molar-refractivity contribution in [3.8, 4) is 17.2 Å². The number of carbonyl (C=O) groups excluding carboxylic acids is 2. The summed E-state index contributed by atoms with van der Waals surface area (Å²) in [6.45, 7) is 0. The van der Waals surface area contributed by atoms with Crippen molar-refractivity contribution in [3.63, 3.8) is 0 Å². The fraction of sp³-hybridized carbons (Fsp3) is 0.263. The molecule has 0 heterocycles. The van der Waals surface area contributed by atoms with Gasteiger partial charge in [0.05, 0.1) is 21.3 Å². The minimum atomic E-state index is -0.844. The molecule has 2 rings (SSSR count). The first-order valence-electron chi connectivity index (χ1n) is 8.19. The van der Waals surface area contributed by atoms with E-state index in [4.69, 9.17) is 19.9 Å². The number of hydrogen-bond acceptors (Lipinski definition) is 5. The first kappa shape index (κ1) is 19.9. The molecule has 0 saturated carbocycles. The Morgan fingerprint density at radius 1 is 1.00 bits per heavy atom. The van der Waals surface area contributed by atoms with Crippen molar-refractivity contribution < 1.29 is 23.8 Å². The van der Waals surface area contributed by atoms with Crippen molar-refractivity contribution in [2.75, 3.05) is 26.6 Å². The largest absolute Gasteiger partial charge is 0.493 e. The van der Waals surface area contributed by atoms with Gasteiger partial charge in [-0.2, -0.15) is 0 Å². The molecule has 0 aliphatic rings. The molecule has 2 aromatic rings. The van der Waals surface area contributed by atoms with Crippen LogP contribution in [0.5, 0.6) is 17.2 Å². The van der Waals surface area contributed by atoms with E-state index in [1.165, 1.54) is 21.3 Å². The Hall–Kier alpha value is -3.42. The van der Waals surface area contributed by atoms with E-state index in [1.807, 2.05) is 30.3 Å². The minimum Gasteiger partial charge on any atom is -0.493 e. The highest BCUT2D eigenvalue weighted by atomic mass is 16.5. The number of urea groups is 1. The number of methoxy groups -OCH3 is 3. The van der Waals surface area contributed by atoms with Crippen molar-refractivity contribution >= 4 is 17.6 Å². The van der Waals surface area contributed by atoms with E-state index in [1.54, 1.807) is 12.1 Å². The van der Waals surface area contributed by atoms with E-state index in [0.29, 0.717) is 29.4 Å². The number of amides is 3. The van der Waals surface area contributed by atoms with Crippen molar-refractivity contribution in [2.45, 2.75) is 12.5 Å². The van der Waals surface area contributed by atoms with Crippen LogP contribution in [0.4, 0.5) is 10.5 Å². The molecular formula is C19H23N3O5. The fourth-order valence-electron chi connectivity index (χ4n) is 2.61. The average Bonchev–Trinajstić information content (AvgIpc) is 2.67. The summed E-state index contributed by atoms with van der Waals surface area (Å²) in [7, 11) is 4.46. The molecular weight excluding hydrogens is 350 g/mol. The number of hydrogen-bond donors (Lipinski definition) is 3. The Bertz CT molecular complexity index is 770. The van der Waals surface area contributed by atoms with Crippen LogP contribution in [0.3, 0.4) is 0 Å². The lowest BCUT2D eigenvalue weighted by atomic mass is 10.1. The Morgan fingerprint density at radius 2 is 1.59 bits per heavy atom. The van der Waals surface area contributed by atoms with Gasteiger partial charge in [-0.25, -0.2) is 4.79 Å². The summed E-state index contributed by atoms with van der Waals surface area (Å²) in [4.78, 5) is 24.0. The van der Waals surface area contributed by atoms with Crippen molar-refractivity contribution in [3.05, 3.63) is 48.0 Å². The molecule has 0 saturated heterocycles. The van der Waals surface area contributed by atoms with Crippen LogP contribution in [-0.2, 0) is 11.2 Å². The number of carbonyl (C=O) groups is 2. The van der Waals surface area contributed by atoms with Crippen LogP contribution in [0, 0.1) is 0 Å². The summed E-state index contributed by atoms with van der Waals surface area (Å²) in [6.07, 6.45) is 0.292. The van der Waals surface area contributed by atoms with Crippen LogP contribution in [0.1, 0.15) is 5.56 Å². The molecule has 0 spiro atoms. The summed E-state index contributed by atoms with van der Waals surface area (Å²) < 4.78 is 15.8. The lowest BCUT2D eigenvalue weighted by Crippen LogP contribution is -2.47. The quantitative estimate of drug-likeness (QED) is 0.655. The molecule has 8 heteroatoms. The number of nitrogens with one attached hydrogen (secondary N) is 2. The van der Waals surface area contributed by atoms with Gasteiger partial charge < -0.3 is 30.6 Å². The monoisotopic (exact) mass is 373 g/mol. The van der Waals surface area contributed by atoms with Crippen molar-refractivity contribution in [1.29, 1.82) is 0 Å². The summed E-state index contributed by atoms with van der Waals surface area (Å²) in [5.41, 5.74) is 6.54. The molecule has 27 heavy (non-hydrogen) atoms. The Labute approximate surface area is 157 Å². The minimum absolute atomic E-state index is 0.292. The van der Waals surface area contributed by atoms with E-state index in [0.717, 1.165) is 5.56 Å². The van der Waals surface area contributed by atoms with E-state index < -0.39 is 18.0 Å². The third-order valence-electron chi connectivity index (χ3n) is 3.85. The number of rotatable bonds is 8. The van der Waals surface area contributed by atoms with Crippen LogP contribution in [0.2, 0.25) is 0 Å². The van der Waals surface area contributed by atoms with Crippen LogP contribution in [0.25, 0.3) is 0 Å². The highest BCUT2D eigenvalue weighted by Gasteiger charge is 2.22. The molecule has 2 aromatic carbocycles. The van der Waals surface area contributed by atoms with Gasteiger partial charge in [-0.3, -0.25) is 4.79 Å². The molecule has 0 bridgehead atoms. The molecule has 3 amide bonds. The zero-order chi connectivity index (χ0) is 19.8.